The Balaban J connectivity index is 2.18. The van der Waals surface area contributed by atoms with E-state index in [1.54, 1.807) is 12.1 Å². The molecule has 0 amide bonds. The monoisotopic (exact) mass is 332 g/mol. The Morgan fingerprint density at radius 2 is 1.33 bits per heavy atom. The van der Waals surface area contributed by atoms with E-state index in [2.05, 4.69) is 0 Å². The van der Waals surface area contributed by atoms with Gasteiger partial charge in [-0.15, -0.1) is 0 Å². The lowest BCUT2D eigenvalue weighted by atomic mass is 9.95. The Morgan fingerprint density at radius 3 is 2.00 bits per heavy atom. The molecule has 4 rings (SSSR count). The van der Waals surface area contributed by atoms with Crippen LogP contribution in [0.5, 0.6) is 0 Å². The molecule has 0 unspecified atom stereocenters. The van der Waals surface area contributed by atoms with Crippen molar-refractivity contribution in [3.05, 3.63) is 94.3 Å². The molecule has 0 atom stereocenters. The van der Waals surface area contributed by atoms with Crippen LogP contribution >= 0.6 is 11.6 Å². The van der Waals surface area contributed by atoms with E-state index in [1.165, 1.54) is 0 Å². The molecule has 3 aromatic carbocycles. The molecule has 0 aliphatic heterocycles. The van der Waals surface area contributed by atoms with Crippen molar-refractivity contribution in [1.82, 2.24) is 0 Å². The van der Waals surface area contributed by atoms with Crippen molar-refractivity contribution in [2.45, 2.75) is 0 Å². The average Bonchev–Trinajstić information content (AvgIpc) is 2.63. The summed E-state index contributed by atoms with van der Waals surface area (Å²) in [5, 5.41) is 1.91. The minimum absolute atomic E-state index is 0.361. The first kappa shape index (κ1) is 14.7. The smallest absolute Gasteiger partial charge is 0.344 e. The summed E-state index contributed by atoms with van der Waals surface area (Å²) < 4.78 is 5.70. The van der Waals surface area contributed by atoms with Gasteiger partial charge in [0.1, 0.15) is 5.76 Å². The van der Waals surface area contributed by atoms with Crippen LogP contribution < -0.4 is 5.63 Å². The molecule has 1 aromatic heterocycles. The van der Waals surface area contributed by atoms with Crippen LogP contribution in [-0.2, 0) is 0 Å². The molecule has 0 spiro atoms. The van der Waals surface area contributed by atoms with Crippen molar-refractivity contribution < 1.29 is 4.42 Å². The summed E-state index contributed by atoms with van der Waals surface area (Å²) >= 11 is 6.20. The van der Waals surface area contributed by atoms with Crippen LogP contribution in [0.3, 0.4) is 0 Å². The van der Waals surface area contributed by atoms with Gasteiger partial charge in [-0.1, -0.05) is 72.3 Å². The second-order valence-corrected chi connectivity index (χ2v) is 5.95. The van der Waals surface area contributed by atoms with Gasteiger partial charge < -0.3 is 4.42 Å². The predicted octanol–water partition coefficient (Wildman–Crippen LogP) is 5.78. The molecule has 4 aromatic rings. The van der Waals surface area contributed by atoms with E-state index < -0.39 is 0 Å². The van der Waals surface area contributed by atoms with Crippen LogP contribution in [0.1, 0.15) is 0 Å². The summed E-state index contributed by atoms with van der Waals surface area (Å²) in [6.07, 6.45) is 0. The lowest BCUT2D eigenvalue weighted by molar-refractivity contribution is 0.536. The SMILES string of the molecule is O=c1oc(-c2ccccc2)c(-c2ccccc2)c2cc(Cl)ccc12. The summed E-state index contributed by atoms with van der Waals surface area (Å²) in [4.78, 5) is 12.5. The van der Waals surface area contributed by atoms with Crippen LogP contribution in [0.4, 0.5) is 0 Å². The van der Waals surface area contributed by atoms with Gasteiger partial charge in [-0.25, -0.2) is 4.79 Å². The number of fused-ring (bicyclic) bond motifs is 1. The van der Waals surface area contributed by atoms with E-state index in [1.807, 2.05) is 66.7 Å². The molecule has 0 bridgehead atoms. The number of hydrogen-bond acceptors (Lipinski definition) is 2. The highest BCUT2D eigenvalue weighted by Gasteiger charge is 2.17. The Hall–Kier alpha value is -2.84. The summed E-state index contributed by atoms with van der Waals surface area (Å²) in [5.41, 5.74) is 2.35. The number of rotatable bonds is 2. The van der Waals surface area contributed by atoms with E-state index in [-0.39, 0.29) is 5.63 Å². The Bertz CT molecular complexity index is 1070. The molecule has 0 aliphatic rings. The van der Waals surface area contributed by atoms with Gasteiger partial charge in [0.05, 0.1) is 5.39 Å². The molecular formula is C21H13ClO2. The molecule has 0 radical (unpaired) electrons. The Labute approximate surface area is 143 Å². The molecular weight excluding hydrogens is 320 g/mol. The van der Waals surface area contributed by atoms with Crippen LogP contribution in [0, 0.1) is 0 Å². The van der Waals surface area contributed by atoms with Crippen molar-refractivity contribution in [3.8, 4) is 22.5 Å². The van der Waals surface area contributed by atoms with Crippen molar-refractivity contribution in [3.63, 3.8) is 0 Å². The fourth-order valence-electron chi connectivity index (χ4n) is 2.91. The minimum atomic E-state index is -0.361. The van der Waals surface area contributed by atoms with E-state index in [0.29, 0.717) is 16.2 Å². The number of benzene rings is 3. The third-order valence-electron chi connectivity index (χ3n) is 3.99. The van der Waals surface area contributed by atoms with Crippen LogP contribution in [-0.4, -0.2) is 0 Å². The van der Waals surface area contributed by atoms with Crippen LogP contribution in [0.2, 0.25) is 5.02 Å². The predicted molar refractivity (Wildman–Crippen MR) is 98.4 cm³/mol. The number of hydrogen-bond donors (Lipinski definition) is 0. The molecule has 0 fully saturated rings. The van der Waals surface area contributed by atoms with Crippen molar-refractivity contribution in [1.29, 1.82) is 0 Å². The van der Waals surface area contributed by atoms with E-state index in [9.17, 15) is 4.79 Å². The first-order chi connectivity index (χ1) is 11.7. The molecule has 116 valence electrons. The Morgan fingerprint density at radius 1 is 0.708 bits per heavy atom. The van der Waals surface area contributed by atoms with E-state index in [0.717, 1.165) is 22.1 Å². The third-order valence-corrected chi connectivity index (χ3v) is 4.23. The second-order valence-electron chi connectivity index (χ2n) is 5.52. The van der Waals surface area contributed by atoms with Gasteiger partial charge in [0, 0.05) is 21.5 Å². The van der Waals surface area contributed by atoms with Gasteiger partial charge in [-0.2, -0.15) is 0 Å². The zero-order valence-corrected chi connectivity index (χ0v) is 13.5. The molecule has 0 saturated carbocycles. The van der Waals surface area contributed by atoms with Gasteiger partial charge >= 0.3 is 5.63 Å². The maximum absolute atomic E-state index is 12.5. The fourth-order valence-corrected chi connectivity index (χ4v) is 3.08. The zero-order valence-electron chi connectivity index (χ0n) is 12.7. The Kier molecular flexibility index (Phi) is 3.68. The van der Waals surface area contributed by atoms with Gasteiger partial charge in [-0.05, 0) is 23.8 Å². The van der Waals surface area contributed by atoms with Crippen molar-refractivity contribution in [2.75, 3.05) is 0 Å². The zero-order chi connectivity index (χ0) is 16.5. The van der Waals surface area contributed by atoms with Crippen molar-refractivity contribution in [2.24, 2.45) is 0 Å². The summed E-state index contributed by atoms with van der Waals surface area (Å²) in [6.45, 7) is 0. The normalized spacial score (nSPS) is 10.9. The lowest BCUT2D eigenvalue weighted by Gasteiger charge is -2.12. The first-order valence-corrected chi connectivity index (χ1v) is 7.99. The topological polar surface area (TPSA) is 30.2 Å². The van der Waals surface area contributed by atoms with E-state index >= 15 is 0 Å². The van der Waals surface area contributed by atoms with Gasteiger partial charge in [-0.3, -0.25) is 0 Å². The van der Waals surface area contributed by atoms with Gasteiger partial charge in [0.25, 0.3) is 0 Å². The van der Waals surface area contributed by atoms with Gasteiger partial charge in [0.2, 0.25) is 0 Å². The lowest BCUT2D eigenvalue weighted by Crippen LogP contribution is -2.03. The maximum Gasteiger partial charge on any atom is 0.344 e. The molecule has 2 nitrogen and oxygen atoms in total. The molecule has 0 saturated heterocycles. The highest BCUT2D eigenvalue weighted by Crippen LogP contribution is 2.37. The standard InChI is InChI=1S/C21H13ClO2/c22-16-11-12-17-18(13-16)19(14-7-3-1-4-8-14)20(24-21(17)23)15-9-5-2-6-10-15/h1-13H. The minimum Gasteiger partial charge on any atom is -0.422 e. The second kappa shape index (κ2) is 5.99. The maximum atomic E-state index is 12.5. The largest absolute Gasteiger partial charge is 0.422 e. The summed E-state index contributed by atoms with van der Waals surface area (Å²) in [6, 6.07) is 24.8. The fraction of sp³-hybridized carbons (Fsp3) is 0. The molecule has 24 heavy (non-hydrogen) atoms. The third kappa shape index (κ3) is 2.51. The quantitative estimate of drug-likeness (QED) is 0.465. The molecule has 1 heterocycles. The molecule has 0 aliphatic carbocycles. The summed E-state index contributed by atoms with van der Waals surface area (Å²) in [7, 11) is 0. The van der Waals surface area contributed by atoms with Crippen LogP contribution in [0.25, 0.3) is 33.2 Å². The molecule has 3 heteroatoms. The van der Waals surface area contributed by atoms with Gasteiger partial charge in [0.15, 0.2) is 0 Å². The highest BCUT2D eigenvalue weighted by atomic mass is 35.5. The van der Waals surface area contributed by atoms with E-state index in [4.69, 9.17) is 16.0 Å². The first-order valence-electron chi connectivity index (χ1n) is 7.61. The number of halogens is 1. The molecule has 0 N–H and O–H groups in total. The average molecular weight is 333 g/mol. The van der Waals surface area contributed by atoms with Crippen molar-refractivity contribution >= 4 is 22.4 Å². The highest BCUT2D eigenvalue weighted by molar-refractivity contribution is 6.31. The van der Waals surface area contributed by atoms with Crippen LogP contribution in [0.15, 0.2) is 88.1 Å². The summed E-state index contributed by atoms with van der Waals surface area (Å²) in [5.74, 6) is 0.557.